The number of nitrogens with one attached hydrogen (secondary N) is 3. The van der Waals surface area contributed by atoms with Gasteiger partial charge in [-0.1, -0.05) is 30.3 Å². The zero-order valence-corrected chi connectivity index (χ0v) is 18.1. The second-order valence-corrected chi connectivity index (χ2v) is 8.12. The van der Waals surface area contributed by atoms with Crippen molar-refractivity contribution in [2.75, 3.05) is 46.5 Å². The van der Waals surface area contributed by atoms with Crippen LogP contribution in [0.15, 0.2) is 42.5 Å². The van der Waals surface area contributed by atoms with Gasteiger partial charge in [-0.05, 0) is 24.1 Å². The fourth-order valence-corrected chi connectivity index (χ4v) is 4.32. The number of ether oxygens (including phenoxy) is 2. The zero-order chi connectivity index (χ0) is 22.6. The van der Waals surface area contributed by atoms with Gasteiger partial charge < -0.3 is 30.5 Å². The normalized spacial score (nSPS) is 22.0. The minimum Gasteiger partial charge on any atom is -0.491 e. The van der Waals surface area contributed by atoms with Crippen LogP contribution in [-0.4, -0.2) is 69.5 Å². The van der Waals surface area contributed by atoms with Crippen LogP contribution < -0.4 is 20.7 Å². The second kappa shape index (κ2) is 9.68. The number of fused-ring (bicyclic) bond motifs is 1. The van der Waals surface area contributed by atoms with Crippen molar-refractivity contribution in [3.05, 3.63) is 64.7 Å². The smallest absolute Gasteiger partial charge is 0.254 e. The molecule has 0 unspecified atom stereocenters. The van der Waals surface area contributed by atoms with Gasteiger partial charge in [0, 0.05) is 37.8 Å². The van der Waals surface area contributed by atoms with Gasteiger partial charge in [0.25, 0.3) is 11.8 Å². The number of carbonyl (C=O) groups is 2. The maximum Gasteiger partial charge on any atom is 0.254 e. The van der Waals surface area contributed by atoms with E-state index < -0.39 is 5.41 Å². The van der Waals surface area contributed by atoms with E-state index in [1.54, 1.807) is 12.1 Å². The Balaban J connectivity index is 1.64. The lowest BCUT2D eigenvalue weighted by Gasteiger charge is -2.26. The van der Waals surface area contributed by atoms with E-state index in [2.05, 4.69) is 16.0 Å². The molecule has 0 radical (unpaired) electrons. The summed E-state index contributed by atoms with van der Waals surface area (Å²) >= 11 is 0. The van der Waals surface area contributed by atoms with Crippen LogP contribution in [0.4, 0.5) is 0 Å². The van der Waals surface area contributed by atoms with E-state index in [1.807, 2.05) is 30.3 Å². The largest absolute Gasteiger partial charge is 0.491 e. The highest BCUT2D eigenvalue weighted by atomic mass is 16.5. The highest BCUT2D eigenvalue weighted by molar-refractivity contribution is 6.02. The summed E-state index contributed by atoms with van der Waals surface area (Å²) in [4.78, 5) is 25.6. The first-order valence-corrected chi connectivity index (χ1v) is 10.9. The van der Waals surface area contributed by atoms with Crippen LogP contribution in [0, 0.1) is 0 Å². The van der Waals surface area contributed by atoms with Crippen LogP contribution in [0.3, 0.4) is 0 Å². The van der Waals surface area contributed by atoms with E-state index in [4.69, 9.17) is 9.47 Å². The van der Waals surface area contributed by atoms with Crippen molar-refractivity contribution >= 4 is 11.8 Å². The third kappa shape index (κ3) is 4.21. The Kier molecular flexibility index (Phi) is 6.74. The molecule has 2 aliphatic heterocycles. The molecule has 2 aromatic rings. The van der Waals surface area contributed by atoms with Crippen molar-refractivity contribution in [3.8, 4) is 5.75 Å². The molecular formula is C24H29N3O5. The van der Waals surface area contributed by atoms with E-state index in [-0.39, 0.29) is 36.7 Å². The first-order chi connectivity index (χ1) is 15.6. The maximum absolute atomic E-state index is 13.0. The van der Waals surface area contributed by atoms with E-state index in [1.165, 1.54) is 7.05 Å². The molecule has 2 heterocycles. The molecule has 2 aromatic carbocycles. The van der Waals surface area contributed by atoms with E-state index in [9.17, 15) is 14.7 Å². The highest BCUT2D eigenvalue weighted by Crippen LogP contribution is 2.45. The third-order valence-electron chi connectivity index (χ3n) is 6.15. The molecular weight excluding hydrogens is 410 g/mol. The van der Waals surface area contributed by atoms with Crippen molar-refractivity contribution in [3.63, 3.8) is 0 Å². The van der Waals surface area contributed by atoms with E-state index in [0.717, 1.165) is 18.7 Å². The molecule has 1 fully saturated rings. The number of hydrogen-bond donors (Lipinski definition) is 4. The van der Waals surface area contributed by atoms with Crippen molar-refractivity contribution in [2.45, 2.75) is 17.9 Å². The summed E-state index contributed by atoms with van der Waals surface area (Å²) in [6, 6.07) is 12.8. The second-order valence-electron chi connectivity index (χ2n) is 8.12. The molecule has 2 amide bonds. The van der Waals surface area contributed by atoms with Gasteiger partial charge in [-0.3, -0.25) is 9.59 Å². The summed E-state index contributed by atoms with van der Waals surface area (Å²) in [5.41, 5.74) is 1.28. The summed E-state index contributed by atoms with van der Waals surface area (Å²) in [6.07, 6.45) is 0.763. The number of benzene rings is 2. The number of aliphatic hydroxyl groups excluding tert-OH is 1. The number of amides is 2. The van der Waals surface area contributed by atoms with Gasteiger partial charge in [-0.15, -0.1) is 0 Å². The van der Waals surface area contributed by atoms with Gasteiger partial charge in [-0.25, -0.2) is 0 Å². The highest BCUT2D eigenvalue weighted by Gasteiger charge is 2.44. The SMILES string of the molecule is CNC(=O)c1cc(C(=O)NCC[C@H]2CNCCO2)cc2c1OC[C@]2(CO)c1ccccc1. The predicted octanol–water partition coefficient (Wildman–Crippen LogP) is 0.825. The van der Waals surface area contributed by atoms with Crippen LogP contribution >= 0.6 is 0 Å². The molecule has 8 heteroatoms. The summed E-state index contributed by atoms with van der Waals surface area (Å²) in [5.74, 6) is -0.228. The molecule has 8 nitrogen and oxygen atoms in total. The standard InChI is InChI=1S/C24H29N3O5/c1-25-23(30)19-11-16(22(29)27-8-7-18-13-26-9-10-31-18)12-20-21(19)32-15-24(20,14-28)17-5-3-2-4-6-17/h2-6,11-12,18,26,28H,7-10,13-15H2,1H3,(H,25,30)(H,27,29)/t18-,24+/m0/s1. The molecule has 0 bridgehead atoms. The molecule has 0 aliphatic carbocycles. The number of aliphatic hydroxyl groups is 1. The van der Waals surface area contributed by atoms with Gasteiger partial charge in [0.15, 0.2) is 0 Å². The van der Waals surface area contributed by atoms with Crippen molar-refractivity contribution in [1.29, 1.82) is 0 Å². The Morgan fingerprint density at radius 1 is 1.22 bits per heavy atom. The molecule has 0 spiro atoms. The quantitative estimate of drug-likeness (QED) is 0.509. The fraction of sp³-hybridized carbons (Fsp3) is 0.417. The molecule has 1 saturated heterocycles. The summed E-state index contributed by atoms with van der Waals surface area (Å²) in [6.45, 7) is 2.71. The minimum atomic E-state index is -0.850. The molecule has 0 aromatic heterocycles. The summed E-state index contributed by atoms with van der Waals surface area (Å²) < 4.78 is 11.6. The number of carbonyl (C=O) groups excluding carboxylic acids is 2. The van der Waals surface area contributed by atoms with Crippen molar-refractivity contribution in [1.82, 2.24) is 16.0 Å². The lowest BCUT2D eigenvalue weighted by Crippen LogP contribution is -2.40. The average Bonchev–Trinajstić information content (AvgIpc) is 3.24. The number of morpholine rings is 1. The van der Waals surface area contributed by atoms with Gasteiger partial charge >= 0.3 is 0 Å². The first kappa shape index (κ1) is 22.3. The van der Waals surface area contributed by atoms with Gasteiger partial charge in [0.2, 0.25) is 0 Å². The van der Waals surface area contributed by atoms with E-state index >= 15 is 0 Å². The lowest BCUT2D eigenvalue weighted by molar-refractivity contribution is 0.0239. The maximum atomic E-state index is 13.0. The predicted molar refractivity (Wildman–Crippen MR) is 119 cm³/mol. The molecule has 32 heavy (non-hydrogen) atoms. The molecule has 0 saturated carbocycles. The molecule has 4 rings (SSSR count). The Morgan fingerprint density at radius 3 is 2.72 bits per heavy atom. The van der Waals surface area contributed by atoms with Crippen LogP contribution in [0.1, 0.15) is 38.3 Å². The minimum absolute atomic E-state index is 0.0685. The van der Waals surface area contributed by atoms with Crippen LogP contribution in [0.2, 0.25) is 0 Å². The monoisotopic (exact) mass is 439 g/mol. The molecule has 4 N–H and O–H groups in total. The molecule has 170 valence electrons. The van der Waals surface area contributed by atoms with Gasteiger partial charge in [0.1, 0.15) is 12.4 Å². The van der Waals surface area contributed by atoms with Crippen LogP contribution in [0.5, 0.6) is 5.75 Å². The summed E-state index contributed by atoms with van der Waals surface area (Å²) in [7, 11) is 1.53. The Morgan fingerprint density at radius 2 is 2.03 bits per heavy atom. The summed E-state index contributed by atoms with van der Waals surface area (Å²) in [5, 5.41) is 19.2. The Hall–Kier alpha value is -2.94. The Labute approximate surface area is 187 Å². The molecule has 2 aliphatic rings. The topological polar surface area (TPSA) is 109 Å². The lowest BCUT2D eigenvalue weighted by atomic mass is 9.76. The third-order valence-corrected chi connectivity index (χ3v) is 6.15. The fourth-order valence-electron chi connectivity index (χ4n) is 4.32. The zero-order valence-electron chi connectivity index (χ0n) is 18.1. The average molecular weight is 440 g/mol. The van der Waals surface area contributed by atoms with Gasteiger partial charge in [0.05, 0.1) is 30.3 Å². The van der Waals surface area contributed by atoms with Crippen LogP contribution in [-0.2, 0) is 10.2 Å². The van der Waals surface area contributed by atoms with Crippen molar-refractivity contribution < 1.29 is 24.2 Å². The number of hydrogen-bond acceptors (Lipinski definition) is 6. The van der Waals surface area contributed by atoms with Gasteiger partial charge in [-0.2, -0.15) is 0 Å². The van der Waals surface area contributed by atoms with E-state index in [0.29, 0.717) is 36.4 Å². The number of rotatable bonds is 7. The Bertz CT molecular complexity index is 975. The molecule has 2 atom stereocenters. The van der Waals surface area contributed by atoms with Crippen LogP contribution in [0.25, 0.3) is 0 Å². The van der Waals surface area contributed by atoms with Crippen molar-refractivity contribution in [2.24, 2.45) is 0 Å². The first-order valence-electron chi connectivity index (χ1n) is 10.9.